The quantitative estimate of drug-likeness (QED) is 0.288. The van der Waals surface area contributed by atoms with Crippen LogP contribution < -0.4 is 9.62 Å². The lowest BCUT2D eigenvalue weighted by Gasteiger charge is -2.33. The van der Waals surface area contributed by atoms with Gasteiger partial charge in [0.25, 0.3) is 10.0 Å². The highest BCUT2D eigenvalue weighted by molar-refractivity contribution is 14.1. The van der Waals surface area contributed by atoms with E-state index < -0.39 is 34.3 Å². The summed E-state index contributed by atoms with van der Waals surface area (Å²) in [5.41, 5.74) is 0.956. The van der Waals surface area contributed by atoms with Gasteiger partial charge in [0, 0.05) is 16.2 Å². The number of rotatable bonds is 10. The molecule has 0 unspecified atom stereocenters. The highest BCUT2D eigenvalue weighted by Gasteiger charge is 2.33. The zero-order valence-corrected chi connectivity index (χ0v) is 25.3. The molecular formula is C30H33FIN3O4S. The molecule has 1 atom stereocenters. The monoisotopic (exact) mass is 677 g/mol. The number of carbonyl (C=O) groups excluding carboxylic acids is 2. The van der Waals surface area contributed by atoms with Crippen LogP contribution in [-0.4, -0.2) is 43.8 Å². The van der Waals surface area contributed by atoms with Gasteiger partial charge in [-0.3, -0.25) is 13.9 Å². The molecular weight excluding hydrogens is 644 g/mol. The predicted molar refractivity (Wildman–Crippen MR) is 162 cm³/mol. The Hall–Kier alpha value is -2.99. The van der Waals surface area contributed by atoms with E-state index in [1.54, 1.807) is 61.5 Å². The highest BCUT2D eigenvalue weighted by atomic mass is 127. The topological polar surface area (TPSA) is 86.8 Å². The SMILES string of the molecule is C[C@H](C(=O)NC1CCCCC1)N(Cc1ccc(F)cc1)C(=O)CN(c1ccc(I)cc1)S(=O)(=O)c1ccccc1. The van der Waals surface area contributed by atoms with Crippen LogP contribution in [0.5, 0.6) is 0 Å². The minimum absolute atomic E-state index is 0.0181. The van der Waals surface area contributed by atoms with Crippen LogP contribution in [0.25, 0.3) is 0 Å². The molecule has 0 aliphatic heterocycles. The summed E-state index contributed by atoms with van der Waals surface area (Å²) in [7, 11) is -4.11. The summed E-state index contributed by atoms with van der Waals surface area (Å²) in [6.45, 7) is 1.14. The maximum Gasteiger partial charge on any atom is 0.264 e. The molecule has 7 nitrogen and oxygen atoms in total. The first-order valence-electron chi connectivity index (χ1n) is 13.3. The second-order valence-electron chi connectivity index (χ2n) is 9.97. The smallest absolute Gasteiger partial charge is 0.264 e. The molecule has 0 bridgehead atoms. The molecule has 2 amide bonds. The van der Waals surface area contributed by atoms with E-state index in [4.69, 9.17) is 0 Å². The molecule has 40 heavy (non-hydrogen) atoms. The van der Waals surface area contributed by atoms with E-state index >= 15 is 0 Å². The van der Waals surface area contributed by atoms with Gasteiger partial charge in [0.1, 0.15) is 18.4 Å². The summed E-state index contributed by atoms with van der Waals surface area (Å²) in [5.74, 6) is -1.26. The number of hydrogen-bond donors (Lipinski definition) is 1. The molecule has 0 heterocycles. The van der Waals surface area contributed by atoms with Crippen molar-refractivity contribution in [3.8, 4) is 0 Å². The lowest BCUT2D eigenvalue weighted by molar-refractivity contribution is -0.139. The Balaban J connectivity index is 1.65. The maximum atomic E-state index is 13.9. The number of benzene rings is 3. The van der Waals surface area contributed by atoms with Crippen molar-refractivity contribution in [2.45, 2.75) is 62.6 Å². The Morgan fingerprint density at radius 3 is 2.20 bits per heavy atom. The molecule has 1 saturated carbocycles. The van der Waals surface area contributed by atoms with Gasteiger partial charge in [-0.1, -0.05) is 49.6 Å². The second kappa shape index (κ2) is 13.6. The summed E-state index contributed by atoms with van der Waals surface area (Å²) in [6.07, 6.45) is 5.00. The van der Waals surface area contributed by atoms with Crippen LogP contribution in [0.15, 0.2) is 83.8 Å². The number of hydrogen-bond acceptors (Lipinski definition) is 4. The van der Waals surface area contributed by atoms with Gasteiger partial charge >= 0.3 is 0 Å². The van der Waals surface area contributed by atoms with Gasteiger partial charge in [-0.2, -0.15) is 0 Å². The number of halogens is 2. The van der Waals surface area contributed by atoms with Crippen LogP contribution in [0.3, 0.4) is 0 Å². The van der Waals surface area contributed by atoms with Crippen LogP contribution in [-0.2, 0) is 26.2 Å². The molecule has 10 heteroatoms. The third kappa shape index (κ3) is 7.60. The minimum Gasteiger partial charge on any atom is -0.352 e. The Morgan fingerprint density at radius 1 is 0.950 bits per heavy atom. The van der Waals surface area contributed by atoms with E-state index in [9.17, 15) is 22.4 Å². The van der Waals surface area contributed by atoms with E-state index in [-0.39, 0.29) is 23.4 Å². The van der Waals surface area contributed by atoms with Crippen molar-refractivity contribution in [2.24, 2.45) is 0 Å². The molecule has 1 aliphatic carbocycles. The van der Waals surface area contributed by atoms with Gasteiger partial charge in [-0.25, -0.2) is 12.8 Å². The molecule has 3 aromatic rings. The van der Waals surface area contributed by atoms with E-state index in [1.807, 2.05) is 0 Å². The molecule has 1 aliphatic rings. The fourth-order valence-corrected chi connectivity index (χ4v) is 6.59. The summed E-state index contributed by atoms with van der Waals surface area (Å²) in [4.78, 5) is 28.7. The number of nitrogens with zero attached hydrogens (tertiary/aromatic N) is 2. The number of anilines is 1. The first kappa shape index (κ1) is 30.0. The van der Waals surface area contributed by atoms with Crippen molar-refractivity contribution in [1.29, 1.82) is 0 Å². The van der Waals surface area contributed by atoms with E-state index in [0.29, 0.717) is 11.3 Å². The molecule has 0 saturated heterocycles. The molecule has 3 aromatic carbocycles. The normalized spacial score (nSPS) is 14.8. The van der Waals surface area contributed by atoms with Crippen LogP contribution >= 0.6 is 22.6 Å². The minimum atomic E-state index is -4.11. The van der Waals surface area contributed by atoms with Gasteiger partial charge in [0.15, 0.2) is 0 Å². The molecule has 1 fully saturated rings. The average molecular weight is 678 g/mol. The van der Waals surface area contributed by atoms with Gasteiger partial charge < -0.3 is 10.2 Å². The van der Waals surface area contributed by atoms with Crippen molar-refractivity contribution in [2.75, 3.05) is 10.8 Å². The molecule has 4 rings (SSSR count). The maximum absolute atomic E-state index is 13.9. The number of sulfonamides is 1. The number of amides is 2. The molecule has 0 radical (unpaired) electrons. The fraction of sp³-hybridized carbons (Fsp3) is 0.333. The molecule has 212 valence electrons. The average Bonchev–Trinajstić information content (AvgIpc) is 2.96. The summed E-state index contributed by atoms with van der Waals surface area (Å²) < 4.78 is 43.1. The number of carbonyl (C=O) groups is 2. The number of nitrogens with one attached hydrogen (secondary N) is 1. The summed E-state index contributed by atoms with van der Waals surface area (Å²) in [6, 6.07) is 19.6. The predicted octanol–water partition coefficient (Wildman–Crippen LogP) is 5.49. The summed E-state index contributed by atoms with van der Waals surface area (Å²) in [5, 5.41) is 3.07. The largest absolute Gasteiger partial charge is 0.352 e. The van der Waals surface area contributed by atoms with Gasteiger partial charge in [0.2, 0.25) is 11.8 Å². The Labute approximate surface area is 248 Å². The van der Waals surface area contributed by atoms with Gasteiger partial charge in [-0.05, 0) is 96.5 Å². The Kier molecular flexibility index (Phi) is 10.2. The van der Waals surface area contributed by atoms with Crippen LogP contribution in [0.4, 0.5) is 10.1 Å². The summed E-state index contributed by atoms with van der Waals surface area (Å²) >= 11 is 2.13. The third-order valence-electron chi connectivity index (χ3n) is 7.11. The van der Waals surface area contributed by atoms with E-state index in [2.05, 4.69) is 27.9 Å². The van der Waals surface area contributed by atoms with Crippen molar-refractivity contribution >= 4 is 50.1 Å². The molecule has 0 spiro atoms. The van der Waals surface area contributed by atoms with Crippen molar-refractivity contribution in [1.82, 2.24) is 10.2 Å². The van der Waals surface area contributed by atoms with Gasteiger partial charge in [-0.15, -0.1) is 0 Å². The van der Waals surface area contributed by atoms with Gasteiger partial charge in [0.05, 0.1) is 10.6 Å². The van der Waals surface area contributed by atoms with Crippen LogP contribution in [0.1, 0.15) is 44.6 Å². The molecule has 1 N–H and O–H groups in total. The van der Waals surface area contributed by atoms with Crippen LogP contribution in [0, 0.1) is 9.39 Å². The first-order chi connectivity index (χ1) is 19.1. The van der Waals surface area contributed by atoms with E-state index in [0.717, 1.165) is 40.0 Å². The molecule has 0 aromatic heterocycles. The zero-order valence-electron chi connectivity index (χ0n) is 22.3. The van der Waals surface area contributed by atoms with Crippen molar-refractivity contribution in [3.05, 3.63) is 93.8 Å². The van der Waals surface area contributed by atoms with Crippen molar-refractivity contribution < 1.29 is 22.4 Å². The highest BCUT2D eigenvalue weighted by Crippen LogP contribution is 2.25. The van der Waals surface area contributed by atoms with E-state index in [1.165, 1.54) is 29.2 Å². The fourth-order valence-electron chi connectivity index (χ4n) is 4.79. The van der Waals surface area contributed by atoms with Crippen LogP contribution in [0.2, 0.25) is 0 Å². The standard InChI is InChI=1S/C30H33FIN3O4S/c1-22(30(37)33-26-8-4-2-5-9-26)34(20-23-12-14-24(31)15-13-23)29(36)21-35(27-18-16-25(32)17-19-27)40(38,39)28-10-6-3-7-11-28/h3,6-7,10-19,22,26H,2,4-5,8-9,20-21H2,1H3,(H,33,37)/t22-/m1/s1. The first-order valence-corrected chi connectivity index (χ1v) is 15.8. The zero-order chi connectivity index (χ0) is 28.7. The Morgan fingerprint density at radius 2 is 1.57 bits per heavy atom. The second-order valence-corrected chi connectivity index (χ2v) is 13.1. The third-order valence-corrected chi connectivity index (χ3v) is 9.62. The lowest BCUT2D eigenvalue weighted by atomic mass is 9.95. The Bertz CT molecular complexity index is 1400. The lowest BCUT2D eigenvalue weighted by Crippen LogP contribution is -2.53. The van der Waals surface area contributed by atoms with Crippen molar-refractivity contribution in [3.63, 3.8) is 0 Å².